The Morgan fingerprint density at radius 1 is 0.900 bits per heavy atom. The number of ether oxygens (including phenoxy) is 1. The van der Waals surface area contributed by atoms with Gasteiger partial charge in [0.15, 0.2) is 12.4 Å². The highest BCUT2D eigenvalue weighted by Gasteiger charge is 2.11. The van der Waals surface area contributed by atoms with Crippen LogP contribution >= 0.6 is 0 Å². The minimum absolute atomic E-state index is 0.109. The minimum Gasteiger partial charge on any atom is -0.447 e. The van der Waals surface area contributed by atoms with E-state index < -0.39 is 5.97 Å². The predicted octanol–water partition coefficient (Wildman–Crippen LogP) is 2.60. The second-order valence-electron chi connectivity index (χ2n) is 4.01. The number of nitrogens with zero attached hydrogens (tertiary/aromatic N) is 1. The maximum Gasteiger partial charge on any atom is 0.339 e. The number of esters is 1. The van der Waals surface area contributed by atoms with Gasteiger partial charge in [-0.2, -0.15) is 5.26 Å². The Labute approximate surface area is 116 Å². The highest BCUT2D eigenvalue weighted by atomic mass is 16.5. The molecule has 0 aliphatic rings. The molecule has 2 aromatic rings. The summed E-state index contributed by atoms with van der Waals surface area (Å²) in [5.41, 5.74) is 1.39. The molecule has 0 fully saturated rings. The van der Waals surface area contributed by atoms with E-state index in [1.165, 1.54) is 12.1 Å². The first-order chi connectivity index (χ1) is 9.72. The van der Waals surface area contributed by atoms with E-state index in [0.717, 1.165) is 0 Å². The fourth-order valence-electron chi connectivity index (χ4n) is 1.70. The summed E-state index contributed by atoms with van der Waals surface area (Å²) in [6.45, 7) is -0.288. The molecule has 0 saturated heterocycles. The van der Waals surface area contributed by atoms with Gasteiger partial charge in [-0.25, -0.2) is 4.79 Å². The molecular weight excluding hydrogens is 254 g/mol. The van der Waals surface area contributed by atoms with Gasteiger partial charge in [0.05, 0.1) is 5.56 Å². The van der Waals surface area contributed by atoms with Crippen LogP contribution in [0.15, 0.2) is 54.6 Å². The number of nitriles is 1. The second kappa shape index (κ2) is 6.30. The standard InChI is InChI=1S/C16H11NO3/c17-10-11-20-16(19)14-8-6-13(7-9-14)15(18)12-4-2-1-3-5-12/h1-9H,11H2. The molecule has 0 saturated carbocycles. The number of hydrogen-bond acceptors (Lipinski definition) is 4. The van der Waals surface area contributed by atoms with Crippen LogP contribution in [-0.2, 0) is 4.74 Å². The van der Waals surface area contributed by atoms with Crippen LogP contribution in [0.1, 0.15) is 26.3 Å². The van der Waals surface area contributed by atoms with E-state index in [4.69, 9.17) is 5.26 Å². The van der Waals surface area contributed by atoms with Crippen LogP contribution in [0.5, 0.6) is 0 Å². The molecule has 0 spiro atoms. The van der Waals surface area contributed by atoms with Crippen molar-refractivity contribution in [3.8, 4) is 6.07 Å². The smallest absolute Gasteiger partial charge is 0.339 e. The van der Waals surface area contributed by atoms with Crippen molar-refractivity contribution in [2.24, 2.45) is 0 Å². The highest BCUT2D eigenvalue weighted by molar-refractivity contribution is 6.09. The van der Waals surface area contributed by atoms with Gasteiger partial charge in [0, 0.05) is 11.1 Å². The zero-order valence-corrected chi connectivity index (χ0v) is 10.6. The van der Waals surface area contributed by atoms with Gasteiger partial charge in [0.1, 0.15) is 6.07 Å². The van der Waals surface area contributed by atoms with Gasteiger partial charge in [-0.1, -0.05) is 42.5 Å². The van der Waals surface area contributed by atoms with Crippen molar-refractivity contribution in [1.82, 2.24) is 0 Å². The Balaban J connectivity index is 2.15. The van der Waals surface area contributed by atoms with Crippen LogP contribution in [0, 0.1) is 11.3 Å². The summed E-state index contributed by atoms with van der Waals surface area (Å²) in [6.07, 6.45) is 0. The summed E-state index contributed by atoms with van der Waals surface area (Å²) in [5, 5.41) is 8.33. The molecule has 2 aromatic carbocycles. The molecule has 20 heavy (non-hydrogen) atoms. The number of benzene rings is 2. The van der Waals surface area contributed by atoms with E-state index in [1.807, 2.05) is 6.07 Å². The lowest BCUT2D eigenvalue weighted by atomic mass is 10.0. The summed E-state index contributed by atoms with van der Waals surface area (Å²) in [6, 6.07) is 16.8. The van der Waals surface area contributed by atoms with Gasteiger partial charge in [-0.05, 0) is 12.1 Å². The van der Waals surface area contributed by atoms with Gasteiger partial charge in [-0.3, -0.25) is 4.79 Å². The molecular formula is C16H11NO3. The largest absolute Gasteiger partial charge is 0.447 e. The zero-order valence-electron chi connectivity index (χ0n) is 10.6. The van der Waals surface area contributed by atoms with Gasteiger partial charge in [-0.15, -0.1) is 0 Å². The van der Waals surface area contributed by atoms with Crippen molar-refractivity contribution in [1.29, 1.82) is 5.26 Å². The third kappa shape index (κ3) is 3.09. The maximum atomic E-state index is 12.1. The average molecular weight is 265 g/mol. The molecule has 0 N–H and O–H groups in total. The van der Waals surface area contributed by atoms with Crippen LogP contribution in [0.3, 0.4) is 0 Å². The molecule has 4 nitrogen and oxygen atoms in total. The van der Waals surface area contributed by atoms with Crippen molar-refractivity contribution in [2.45, 2.75) is 0 Å². The average Bonchev–Trinajstić information content (AvgIpc) is 2.53. The lowest BCUT2D eigenvalue weighted by Gasteiger charge is -2.03. The molecule has 2 rings (SSSR count). The van der Waals surface area contributed by atoms with Crippen molar-refractivity contribution in [3.05, 3.63) is 71.3 Å². The molecule has 0 aromatic heterocycles. The number of ketones is 1. The fraction of sp³-hybridized carbons (Fsp3) is 0.0625. The number of rotatable bonds is 4. The molecule has 0 aliphatic carbocycles. The van der Waals surface area contributed by atoms with E-state index in [0.29, 0.717) is 16.7 Å². The van der Waals surface area contributed by atoms with E-state index in [9.17, 15) is 9.59 Å². The van der Waals surface area contributed by atoms with E-state index in [1.54, 1.807) is 42.5 Å². The maximum absolute atomic E-state index is 12.1. The van der Waals surface area contributed by atoms with Crippen LogP contribution in [-0.4, -0.2) is 18.4 Å². The van der Waals surface area contributed by atoms with Crippen molar-refractivity contribution in [3.63, 3.8) is 0 Å². The molecule has 0 aliphatic heterocycles. The number of hydrogen-bond donors (Lipinski definition) is 0. The molecule has 0 bridgehead atoms. The highest BCUT2D eigenvalue weighted by Crippen LogP contribution is 2.11. The summed E-state index contributed by atoms with van der Waals surface area (Å²) in [7, 11) is 0. The number of carbonyl (C=O) groups excluding carboxylic acids is 2. The molecule has 98 valence electrons. The normalized spacial score (nSPS) is 9.55. The quantitative estimate of drug-likeness (QED) is 0.629. The molecule has 0 heterocycles. The summed E-state index contributed by atoms with van der Waals surface area (Å²) < 4.78 is 4.68. The van der Waals surface area contributed by atoms with E-state index in [-0.39, 0.29) is 12.4 Å². The first-order valence-corrected chi connectivity index (χ1v) is 5.96. The molecule has 4 heteroatoms. The van der Waals surface area contributed by atoms with Crippen molar-refractivity contribution >= 4 is 11.8 Å². The topological polar surface area (TPSA) is 67.2 Å². The Bertz CT molecular complexity index is 654. The van der Waals surface area contributed by atoms with Crippen LogP contribution in [0.2, 0.25) is 0 Å². The van der Waals surface area contributed by atoms with Crippen LogP contribution in [0.25, 0.3) is 0 Å². The second-order valence-corrected chi connectivity index (χ2v) is 4.01. The van der Waals surface area contributed by atoms with Crippen molar-refractivity contribution < 1.29 is 14.3 Å². The van der Waals surface area contributed by atoms with Gasteiger partial charge < -0.3 is 4.74 Å². The fourth-order valence-corrected chi connectivity index (χ4v) is 1.70. The van der Waals surface area contributed by atoms with Gasteiger partial charge in [0.25, 0.3) is 0 Å². The van der Waals surface area contributed by atoms with Crippen molar-refractivity contribution in [2.75, 3.05) is 6.61 Å². The SMILES string of the molecule is N#CCOC(=O)c1ccc(C(=O)c2ccccc2)cc1. The van der Waals surface area contributed by atoms with Crippen LogP contribution in [0.4, 0.5) is 0 Å². The van der Waals surface area contributed by atoms with E-state index >= 15 is 0 Å². The minimum atomic E-state index is -0.578. The Morgan fingerprint density at radius 3 is 2.05 bits per heavy atom. The Hall–Kier alpha value is -2.93. The molecule has 0 atom stereocenters. The molecule has 0 amide bonds. The monoisotopic (exact) mass is 265 g/mol. The lowest BCUT2D eigenvalue weighted by Crippen LogP contribution is -2.06. The van der Waals surface area contributed by atoms with Gasteiger partial charge in [0.2, 0.25) is 0 Å². The predicted molar refractivity (Wildman–Crippen MR) is 72.2 cm³/mol. The Morgan fingerprint density at radius 2 is 1.45 bits per heavy atom. The zero-order chi connectivity index (χ0) is 14.4. The first kappa shape index (κ1) is 13.5. The number of carbonyl (C=O) groups is 2. The summed E-state index contributed by atoms with van der Waals surface area (Å²) in [5.74, 6) is -0.687. The van der Waals surface area contributed by atoms with E-state index in [2.05, 4.69) is 4.74 Å². The third-order valence-corrected chi connectivity index (χ3v) is 2.69. The first-order valence-electron chi connectivity index (χ1n) is 5.96. The third-order valence-electron chi connectivity index (χ3n) is 2.69. The summed E-state index contributed by atoms with van der Waals surface area (Å²) >= 11 is 0. The molecule has 0 radical (unpaired) electrons. The lowest BCUT2D eigenvalue weighted by molar-refractivity contribution is 0.0554. The van der Waals surface area contributed by atoms with Crippen LogP contribution < -0.4 is 0 Å². The van der Waals surface area contributed by atoms with Gasteiger partial charge >= 0.3 is 5.97 Å². The Kier molecular flexibility index (Phi) is 4.25. The molecule has 0 unspecified atom stereocenters. The summed E-state index contributed by atoms with van der Waals surface area (Å²) in [4.78, 5) is 23.6.